The van der Waals surface area contributed by atoms with E-state index in [1.165, 1.54) is 35.1 Å². The van der Waals surface area contributed by atoms with E-state index in [1.54, 1.807) is 25.3 Å². The molecule has 1 heterocycles. The van der Waals surface area contributed by atoms with Crippen molar-refractivity contribution in [1.29, 1.82) is 0 Å². The Kier molecular flexibility index (Phi) is 10.8. The van der Waals surface area contributed by atoms with Crippen LogP contribution in [0, 0.1) is 10.1 Å². The lowest BCUT2D eigenvalue weighted by Crippen LogP contribution is -2.48. The zero-order valence-electron chi connectivity index (χ0n) is 23.6. The smallest absolute Gasteiger partial charge is 0.269 e. The number of methoxy groups -OCH3 is 1. The third-order valence-electron chi connectivity index (χ3n) is 7.51. The first-order valence-electron chi connectivity index (χ1n) is 14.1. The van der Waals surface area contributed by atoms with Crippen LogP contribution in [0.15, 0.2) is 79.0 Å². The maximum absolute atomic E-state index is 13.9. The largest absolute Gasteiger partial charge is 0.383 e. The Morgan fingerprint density at radius 3 is 2.44 bits per heavy atom. The van der Waals surface area contributed by atoms with E-state index in [0.717, 1.165) is 37.9 Å². The molecule has 1 saturated carbocycles. The summed E-state index contributed by atoms with van der Waals surface area (Å²) in [6.45, 7) is 1.72. The van der Waals surface area contributed by atoms with Gasteiger partial charge in [-0.1, -0.05) is 49.6 Å². The van der Waals surface area contributed by atoms with Crippen LogP contribution in [0.4, 0.5) is 5.69 Å². The Morgan fingerprint density at radius 1 is 1.02 bits per heavy atom. The summed E-state index contributed by atoms with van der Waals surface area (Å²) in [5.74, 6) is -0.401. The molecule has 2 aromatic carbocycles. The second kappa shape index (κ2) is 14.9. The molecule has 0 N–H and O–H groups in total. The summed E-state index contributed by atoms with van der Waals surface area (Å²) in [4.78, 5) is 41.0. The molecule has 0 aliphatic heterocycles. The van der Waals surface area contributed by atoms with E-state index in [2.05, 4.69) is 22.8 Å². The molecule has 0 bridgehead atoms. The van der Waals surface area contributed by atoms with Crippen LogP contribution in [0.5, 0.6) is 0 Å². The molecule has 9 heteroatoms. The number of hydrogen-bond acceptors (Lipinski definition) is 5. The number of nitro benzene ring substituents is 1. The van der Waals surface area contributed by atoms with E-state index in [4.69, 9.17) is 4.74 Å². The number of ether oxygens (including phenoxy) is 1. The SMILES string of the molecule is COCCN(CC(=O)N(Cc1cccn1Cc1ccccc1)C1CCCCC1)C(=O)/C=C/c1ccc([N+](=O)[O-])cc1. The Balaban J connectivity index is 1.49. The number of nitro groups is 1. The van der Waals surface area contributed by atoms with Crippen LogP contribution < -0.4 is 0 Å². The minimum atomic E-state index is -0.465. The summed E-state index contributed by atoms with van der Waals surface area (Å²) >= 11 is 0. The molecule has 0 saturated heterocycles. The second-order valence-electron chi connectivity index (χ2n) is 10.4. The fourth-order valence-corrected chi connectivity index (χ4v) is 5.22. The fraction of sp³-hybridized carbons (Fsp3) is 0.375. The van der Waals surface area contributed by atoms with E-state index >= 15 is 0 Å². The third-order valence-corrected chi connectivity index (χ3v) is 7.51. The highest BCUT2D eigenvalue weighted by molar-refractivity contribution is 5.94. The molecule has 1 aliphatic carbocycles. The van der Waals surface area contributed by atoms with Crippen molar-refractivity contribution in [1.82, 2.24) is 14.4 Å². The Bertz CT molecular complexity index is 1310. The highest BCUT2D eigenvalue weighted by Gasteiger charge is 2.28. The first kappa shape index (κ1) is 29.7. The van der Waals surface area contributed by atoms with Gasteiger partial charge in [0.05, 0.1) is 18.1 Å². The lowest BCUT2D eigenvalue weighted by molar-refractivity contribution is -0.384. The molecule has 3 aromatic rings. The number of aromatic nitrogens is 1. The summed E-state index contributed by atoms with van der Waals surface area (Å²) in [6.07, 6.45) is 10.3. The quantitative estimate of drug-likeness (QED) is 0.161. The number of amides is 2. The van der Waals surface area contributed by atoms with Crippen molar-refractivity contribution in [2.45, 2.75) is 51.2 Å². The Morgan fingerprint density at radius 2 is 1.76 bits per heavy atom. The van der Waals surface area contributed by atoms with Gasteiger partial charge in [0.1, 0.15) is 6.54 Å². The van der Waals surface area contributed by atoms with Gasteiger partial charge >= 0.3 is 0 Å². The molecule has 0 unspecified atom stereocenters. The van der Waals surface area contributed by atoms with Crippen LogP contribution in [0.3, 0.4) is 0 Å². The second-order valence-corrected chi connectivity index (χ2v) is 10.4. The van der Waals surface area contributed by atoms with Crippen molar-refractivity contribution in [3.8, 4) is 0 Å². The van der Waals surface area contributed by atoms with Crippen molar-refractivity contribution in [2.75, 3.05) is 26.8 Å². The molecule has 0 radical (unpaired) electrons. The monoisotopic (exact) mass is 558 g/mol. The molecule has 41 heavy (non-hydrogen) atoms. The van der Waals surface area contributed by atoms with Crippen LogP contribution in [0.25, 0.3) is 6.08 Å². The van der Waals surface area contributed by atoms with Gasteiger partial charge in [-0.2, -0.15) is 0 Å². The molecule has 1 aliphatic rings. The average Bonchev–Trinajstić information content (AvgIpc) is 3.44. The summed E-state index contributed by atoms with van der Waals surface area (Å²) in [5, 5.41) is 10.9. The number of carbonyl (C=O) groups is 2. The van der Waals surface area contributed by atoms with Crippen LogP contribution in [-0.2, 0) is 27.4 Å². The van der Waals surface area contributed by atoms with E-state index in [-0.39, 0.29) is 36.6 Å². The lowest BCUT2D eigenvalue weighted by Gasteiger charge is -2.36. The van der Waals surface area contributed by atoms with Gasteiger partial charge in [0.2, 0.25) is 11.8 Å². The normalized spacial score (nSPS) is 13.8. The topological polar surface area (TPSA) is 97.9 Å². The van der Waals surface area contributed by atoms with Gasteiger partial charge in [-0.05, 0) is 54.3 Å². The molecule has 0 spiro atoms. The number of carbonyl (C=O) groups excluding carboxylic acids is 2. The molecule has 1 fully saturated rings. The van der Waals surface area contributed by atoms with Crippen molar-refractivity contribution < 1.29 is 19.2 Å². The number of benzene rings is 2. The summed E-state index contributed by atoms with van der Waals surface area (Å²) in [5.41, 5.74) is 2.89. The van der Waals surface area contributed by atoms with Gasteiger partial charge in [-0.15, -0.1) is 0 Å². The molecule has 0 atom stereocenters. The standard InChI is InChI=1S/C32H38N4O5/c1-41-22-21-34(31(37)19-16-26-14-17-29(18-15-26)36(39)40)25-32(38)35(28-11-6-3-7-12-28)24-30-13-8-20-33(30)23-27-9-4-2-5-10-27/h2,4-5,8-10,13-20,28H,3,6-7,11-12,21-25H2,1H3/b19-16+. The number of non-ortho nitro benzene ring substituents is 1. The van der Waals surface area contributed by atoms with Crippen LogP contribution in [-0.4, -0.2) is 64.0 Å². The molecular weight excluding hydrogens is 520 g/mol. The maximum Gasteiger partial charge on any atom is 0.269 e. The predicted molar refractivity (Wildman–Crippen MR) is 158 cm³/mol. The number of hydrogen-bond donors (Lipinski definition) is 0. The van der Waals surface area contributed by atoms with Crippen LogP contribution in [0.2, 0.25) is 0 Å². The molecule has 1 aromatic heterocycles. The van der Waals surface area contributed by atoms with Crippen LogP contribution in [0.1, 0.15) is 48.9 Å². The molecule has 2 amide bonds. The van der Waals surface area contributed by atoms with Crippen molar-refractivity contribution in [2.24, 2.45) is 0 Å². The van der Waals surface area contributed by atoms with E-state index in [0.29, 0.717) is 18.7 Å². The van der Waals surface area contributed by atoms with E-state index in [1.807, 2.05) is 35.4 Å². The van der Waals surface area contributed by atoms with Gasteiger partial charge in [0.25, 0.3) is 5.69 Å². The van der Waals surface area contributed by atoms with Crippen molar-refractivity contribution in [3.63, 3.8) is 0 Å². The third kappa shape index (κ3) is 8.62. The lowest BCUT2D eigenvalue weighted by atomic mass is 9.94. The van der Waals surface area contributed by atoms with Gasteiger partial charge in [-0.25, -0.2) is 0 Å². The Hall–Kier alpha value is -4.24. The van der Waals surface area contributed by atoms with E-state index in [9.17, 15) is 19.7 Å². The summed E-state index contributed by atoms with van der Waals surface area (Å²) in [7, 11) is 1.56. The minimum absolute atomic E-state index is 0.0153. The van der Waals surface area contributed by atoms with E-state index < -0.39 is 4.92 Å². The van der Waals surface area contributed by atoms with Crippen LogP contribution >= 0.6 is 0 Å². The first-order valence-corrected chi connectivity index (χ1v) is 14.1. The van der Waals surface area contributed by atoms with Crippen molar-refractivity contribution >= 4 is 23.6 Å². The van der Waals surface area contributed by atoms with Gasteiger partial charge in [0.15, 0.2) is 0 Å². The van der Waals surface area contributed by atoms with Crippen molar-refractivity contribution in [3.05, 3.63) is 106 Å². The Labute approximate surface area is 241 Å². The molecular formula is C32H38N4O5. The van der Waals surface area contributed by atoms with Gasteiger partial charge in [-0.3, -0.25) is 19.7 Å². The molecule has 9 nitrogen and oxygen atoms in total. The zero-order chi connectivity index (χ0) is 29.0. The summed E-state index contributed by atoms with van der Waals surface area (Å²) in [6, 6.07) is 20.4. The predicted octanol–water partition coefficient (Wildman–Crippen LogP) is 5.29. The average molecular weight is 559 g/mol. The molecule has 4 rings (SSSR count). The first-order chi connectivity index (χ1) is 19.9. The molecule has 216 valence electrons. The highest BCUT2D eigenvalue weighted by atomic mass is 16.6. The van der Waals surface area contributed by atoms with Gasteiger partial charge in [0, 0.05) is 56.3 Å². The maximum atomic E-state index is 13.9. The minimum Gasteiger partial charge on any atom is -0.383 e. The summed E-state index contributed by atoms with van der Waals surface area (Å²) < 4.78 is 7.41. The fourth-order valence-electron chi connectivity index (χ4n) is 5.22. The van der Waals surface area contributed by atoms with Gasteiger partial charge < -0.3 is 19.1 Å². The zero-order valence-corrected chi connectivity index (χ0v) is 23.6. The number of rotatable bonds is 13. The number of nitrogens with zero attached hydrogens (tertiary/aromatic N) is 4. The highest BCUT2D eigenvalue weighted by Crippen LogP contribution is 2.25.